The first-order valence-electron chi connectivity index (χ1n) is 8.81. The number of nitrogens with zero attached hydrogens (tertiary/aromatic N) is 4. The van der Waals surface area contributed by atoms with Gasteiger partial charge in [-0.05, 0) is 25.0 Å². The predicted octanol–water partition coefficient (Wildman–Crippen LogP) is 2.07. The molecule has 2 fully saturated rings. The number of piperidine rings is 1. The lowest BCUT2D eigenvalue weighted by atomic mass is 9.80. The Bertz CT molecular complexity index is 817. The Kier molecular flexibility index (Phi) is 4.46. The fourth-order valence-electron chi connectivity index (χ4n) is 4.16. The first kappa shape index (κ1) is 17.1. The third-order valence-electron chi connectivity index (χ3n) is 5.52. The lowest BCUT2D eigenvalue weighted by molar-refractivity contribution is -0.0498. The van der Waals surface area contributed by atoms with E-state index in [9.17, 15) is 14.3 Å². The first-order chi connectivity index (χ1) is 12.6. The van der Waals surface area contributed by atoms with Gasteiger partial charge >= 0.3 is 6.09 Å². The molecule has 2 aliphatic heterocycles. The van der Waals surface area contributed by atoms with E-state index in [1.165, 1.54) is 23.4 Å². The van der Waals surface area contributed by atoms with Gasteiger partial charge in [-0.3, -0.25) is 4.90 Å². The number of rotatable bonds is 2. The Hall–Kier alpha value is -2.32. The number of aromatic nitrogens is 2. The van der Waals surface area contributed by atoms with Gasteiger partial charge in [-0.25, -0.2) is 19.2 Å². The Morgan fingerprint density at radius 2 is 1.88 bits per heavy atom. The number of benzene rings is 1. The highest BCUT2D eigenvalue weighted by Crippen LogP contribution is 2.41. The van der Waals surface area contributed by atoms with Gasteiger partial charge in [0.05, 0.1) is 30.0 Å². The molecular formula is C18H21FN4O3. The zero-order valence-electron chi connectivity index (χ0n) is 14.4. The second-order valence-electron chi connectivity index (χ2n) is 6.78. The van der Waals surface area contributed by atoms with Crippen LogP contribution in [0.25, 0.3) is 10.9 Å². The number of likely N-dealkylation sites (tertiary alicyclic amines) is 1. The minimum absolute atomic E-state index is 0.330. The Morgan fingerprint density at radius 3 is 2.58 bits per heavy atom. The van der Waals surface area contributed by atoms with Gasteiger partial charge in [0.25, 0.3) is 0 Å². The maximum absolute atomic E-state index is 13.6. The number of hydrogen-bond acceptors (Lipinski definition) is 5. The second-order valence-corrected chi connectivity index (χ2v) is 6.78. The molecule has 0 saturated carbocycles. The average Bonchev–Trinajstić information content (AvgIpc) is 2.68. The highest BCUT2D eigenvalue weighted by molar-refractivity contribution is 5.81. The zero-order valence-corrected chi connectivity index (χ0v) is 14.4. The summed E-state index contributed by atoms with van der Waals surface area (Å²) < 4.78 is 19.1. The predicted molar refractivity (Wildman–Crippen MR) is 92.4 cm³/mol. The molecule has 7 nitrogen and oxygen atoms in total. The van der Waals surface area contributed by atoms with E-state index >= 15 is 0 Å². The molecule has 2 aliphatic rings. The fourth-order valence-corrected chi connectivity index (χ4v) is 4.16. The summed E-state index contributed by atoms with van der Waals surface area (Å²) >= 11 is 0. The van der Waals surface area contributed by atoms with Crippen LogP contribution in [0, 0.1) is 5.82 Å². The molecule has 0 unspecified atom stereocenters. The Morgan fingerprint density at radius 1 is 1.15 bits per heavy atom. The van der Waals surface area contributed by atoms with Gasteiger partial charge in [-0.2, -0.15) is 0 Å². The number of carbonyl (C=O) groups is 1. The van der Waals surface area contributed by atoms with Crippen molar-refractivity contribution in [2.45, 2.75) is 18.4 Å². The molecule has 8 heteroatoms. The van der Waals surface area contributed by atoms with Gasteiger partial charge < -0.3 is 14.7 Å². The van der Waals surface area contributed by atoms with E-state index in [1.54, 1.807) is 6.07 Å². The molecule has 26 heavy (non-hydrogen) atoms. The monoisotopic (exact) mass is 360 g/mol. The van der Waals surface area contributed by atoms with Gasteiger partial charge in [0.1, 0.15) is 12.1 Å². The zero-order chi connectivity index (χ0) is 18.1. The van der Waals surface area contributed by atoms with Gasteiger partial charge in [-0.1, -0.05) is 0 Å². The molecule has 1 amide bonds. The van der Waals surface area contributed by atoms with E-state index in [0.717, 1.165) is 24.2 Å². The number of halogens is 1. The van der Waals surface area contributed by atoms with E-state index in [0.29, 0.717) is 44.7 Å². The van der Waals surface area contributed by atoms with Crippen molar-refractivity contribution in [3.63, 3.8) is 0 Å². The molecule has 0 bridgehead atoms. The summed E-state index contributed by atoms with van der Waals surface area (Å²) in [5.41, 5.74) is 1.03. The highest BCUT2D eigenvalue weighted by atomic mass is 19.1. The smallest absolute Gasteiger partial charge is 0.407 e. The van der Waals surface area contributed by atoms with Crippen LogP contribution in [0.2, 0.25) is 0 Å². The van der Waals surface area contributed by atoms with E-state index in [1.807, 2.05) is 0 Å². The van der Waals surface area contributed by atoms with Crippen molar-refractivity contribution in [2.24, 2.45) is 0 Å². The molecule has 1 aromatic carbocycles. The van der Waals surface area contributed by atoms with Gasteiger partial charge in [0.15, 0.2) is 0 Å². The van der Waals surface area contributed by atoms with Crippen molar-refractivity contribution in [3.8, 4) is 0 Å². The molecule has 0 atom stereocenters. The average molecular weight is 360 g/mol. The molecule has 3 heterocycles. The van der Waals surface area contributed by atoms with E-state index in [2.05, 4.69) is 14.9 Å². The standard InChI is InChI=1S/C18H21FN4O3/c19-13-1-2-14-15(11-13)20-12-21-16(14)18(23-7-9-26-10-8-23)3-5-22(6-4-18)17(24)25/h1-2,11-12H,3-10H2,(H,24,25). The van der Waals surface area contributed by atoms with Crippen LogP contribution < -0.4 is 0 Å². The third kappa shape index (κ3) is 2.89. The van der Waals surface area contributed by atoms with E-state index in [-0.39, 0.29) is 5.82 Å². The van der Waals surface area contributed by atoms with Gasteiger partial charge in [-0.15, -0.1) is 0 Å². The molecule has 2 saturated heterocycles. The minimum atomic E-state index is -0.893. The molecule has 138 valence electrons. The quantitative estimate of drug-likeness (QED) is 0.883. The first-order valence-corrected chi connectivity index (χ1v) is 8.81. The molecule has 4 rings (SSSR count). The van der Waals surface area contributed by atoms with Crippen LogP contribution in [0.1, 0.15) is 18.5 Å². The van der Waals surface area contributed by atoms with Crippen LogP contribution in [0.15, 0.2) is 24.5 Å². The Labute approximate surface area is 150 Å². The van der Waals surface area contributed by atoms with E-state index < -0.39 is 11.6 Å². The Balaban J connectivity index is 1.80. The molecule has 0 aliphatic carbocycles. The number of carboxylic acid groups (broad SMARTS) is 1. The second kappa shape index (κ2) is 6.77. The van der Waals surface area contributed by atoms with Crippen LogP contribution in [0.5, 0.6) is 0 Å². The summed E-state index contributed by atoms with van der Waals surface area (Å²) in [5, 5.41) is 10.1. The lowest BCUT2D eigenvalue weighted by Gasteiger charge is -2.49. The largest absolute Gasteiger partial charge is 0.465 e. The SMILES string of the molecule is O=C(O)N1CCC(c2ncnc3cc(F)ccc23)(N2CCOCC2)CC1. The van der Waals surface area contributed by atoms with Crippen molar-refractivity contribution < 1.29 is 19.0 Å². The third-order valence-corrected chi connectivity index (χ3v) is 5.52. The number of fused-ring (bicyclic) bond motifs is 1. The summed E-state index contributed by atoms with van der Waals surface area (Å²) in [7, 11) is 0. The van der Waals surface area contributed by atoms with Crippen LogP contribution in [0.3, 0.4) is 0 Å². The number of morpholine rings is 1. The highest BCUT2D eigenvalue weighted by Gasteiger charge is 2.44. The molecule has 1 aromatic heterocycles. The van der Waals surface area contributed by atoms with Crippen molar-refractivity contribution in [3.05, 3.63) is 36.0 Å². The van der Waals surface area contributed by atoms with Crippen molar-refractivity contribution in [1.82, 2.24) is 19.8 Å². The van der Waals surface area contributed by atoms with Gasteiger partial charge in [0, 0.05) is 37.6 Å². The normalized spacial score (nSPS) is 21.0. The summed E-state index contributed by atoms with van der Waals surface area (Å²) in [6, 6.07) is 4.57. The summed E-state index contributed by atoms with van der Waals surface area (Å²) in [6.07, 6.45) is 1.87. The maximum atomic E-state index is 13.6. The topological polar surface area (TPSA) is 78.8 Å². The minimum Gasteiger partial charge on any atom is -0.465 e. The van der Waals surface area contributed by atoms with Crippen molar-refractivity contribution in [2.75, 3.05) is 39.4 Å². The molecular weight excluding hydrogens is 339 g/mol. The van der Waals surface area contributed by atoms with Crippen LogP contribution in [0.4, 0.5) is 9.18 Å². The molecule has 2 aromatic rings. The number of amides is 1. The van der Waals surface area contributed by atoms with Crippen LogP contribution in [-0.4, -0.2) is 70.4 Å². The summed E-state index contributed by atoms with van der Waals surface area (Å²) in [4.78, 5) is 24.0. The summed E-state index contributed by atoms with van der Waals surface area (Å²) in [5.74, 6) is -0.330. The van der Waals surface area contributed by atoms with Crippen molar-refractivity contribution >= 4 is 17.0 Å². The van der Waals surface area contributed by atoms with Gasteiger partial charge in [0.2, 0.25) is 0 Å². The van der Waals surface area contributed by atoms with Crippen LogP contribution in [-0.2, 0) is 10.3 Å². The van der Waals surface area contributed by atoms with Crippen LogP contribution >= 0.6 is 0 Å². The fraction of sp³-hybridized carbons (Fsp3) is 0.500. The number of hydrogen-bond donors (Lipinski definition) is 1. The molecule has 0 radical (unpaired) electrons. The number of ether oxygens (including phenoxy) is 1. The van der Waals surface area contributed by atoms with E-state index in [4.69, 9.17) is 4.74 Å². The maximum Gasteiger partial charge on any atom is 0.407 e. The van der Waals surface area contributed by atoms with Crippen molar-refractivity contribution in [1.29, 1.82) is 0 Å². The lowest BCUT2D eigenvalue weighted by Crippen LogP contribution is -2.57. The molecule has 0 spiro atoms. The molecule has 1 N–H and O–H groups in total. The summed E-state index contributed by atoms with van der Waals surface area (Å²) in [6.45, 7) is 3.70.